The number of allylic oxidation sites excluding steroid dienone is 1. The zero-order valence-electron chi connectivity index (χ0n) is 8.52. The number of nitrogens with zero attached hydrogens (tertiary/aromatic N) is 4. The van der Waals surface area contributed by atoms with Crippen molar-refractivity contribution in [1.29, 1.82) is 0 Å². The largest absolute Gasteiger partial charge is 0.303 e. The van der Waals surface area contributed by atoms with Crippen molar-refractivity contribution in [2.45, 2.75) is 6.42 Å². The summed E-state index contributed by atoms with van der Waals surface area (Å²) in [6.07, 6.45) is 13.3. The van der Waals surface area contributed by atoms with Crippen LogP contribution in [0.25, 0.3) is 12.0 Å². The number of hydrogen-bond donors (Lipinski definition) is 0. The van der Waals surface area contributed by atoms with Crippen LogP contribution < -0.4 is 0 Å². The molecule has 5 nitrogen and oxygen atoms in total. The number of hydrogen-bond acceptors (Lipinski definition) is 4. The Kier molecular flexibility index (Phi) is 3.18. The van der Waals surface area contributed by atoms with Gasteiger partial charge in [-0.3, -0.25) is 4.57 Å². The van der Waals surface area contributed by atoms with E-state index in [-0.39, 0.29) is 0 Å². The molecule has 2 aromatic rings. The van der Waals surface area contributed by atoms with Crippen LogP contribution in [-0.4, -0.2) is 25.8 Å². The Balaban J connectivity index is 2.13. The van der Waals surface area contributed by atoms with E-state index in [0.717, 1.165) is 11.8 Å². The van der Waals surface area contributed by atoms with Crippen LogP contribution in [0, 0.1) is 0 Å². The van der Waals surface area contributed by atoms with Crippen molar-refractivity contribution in [2.24, 2.45) is 0 Å². The first-order chi connectivity index (χ1) is 7.90. The van der Waals surface area contributed by atoms with Gasteiger partial charge in [0.15, 0.2) is 0 Å². The number of rotatable bonds is 4. The number of carbonyl (C=O) groups is 1. The molecule has 2 rings (SSSR count). The van der Waals surface area contributed by atoms with E-state index in [1.807, 2.05) is 6.08 Å². The molecule has 0 spiro atoms. The Morgan fingerprint density at radius 2 is 2.12 bits per heavy atom. The molecule has 0 aliphatic rings. The molecule has 0 bridgehead atoms. The van der Waals surface area contributed by atoms with Gasteiger partial charge in [0.25, 0.3) is 0 Å². The van der Waals surface area contributed by atoms with Crippen LogP contribution in [0.3, 0.4) is 0 Å². The maximum Gasteiger partial charge on any atom is 0.234 e. The molecule has 0 N–H and O–H groups in total. The molecule has 0 amide bonds. The molecule has 0 radical (unpaired) electrons. The maximum atomic E-state index is 10.1. The van der Waals surface area contributed by atoms with E-state index >= 15 is 0 Å². The molecule has 0 saturated heterocycles. The standard InChI is InChI=1S/C11H10N4O/c16-6-2-1-3-10-7-13-11(14-8-10)15-5-4-12-9-15/h1,3-9H,2H2. The molecule has 2 aromatic heterocycles. The highest BCUT2D eigenvalue weighted by Crippen LogP contribution is 2.03. The van der Waals surface area contributed by atoms with E-state index in [0.29, 0.717) is 12.4 Å². The van der Waals surface area contributed by atoms with E-state index < -0.39 is 0 Å². The SMILES string of the molecule is O=CCC=Cc1cnc(-n2ccnc2)nc1. The quantitative estimate of drug-likeness (QED) is 0.719. The first-order valence-electron chi connectivity index (χ1n) is 4.80. The Morgan fingerprint density at radius 3 is 2.75 bits per heavy atom. The summed E-state index contributed by atoms with van der Waals surface area (Å²) in [5.74, 6) is 0.574. The lowest BCUT2D eigenvalue weighted by atomic mass is 10.3. The van der Waals surface area contributed by atoms with Crippen molar-refractivity contribution in [2.75, 3.05) is 0 Å². The lowest BCUT2D eigenvalue weighted by molar-refractivity contribution is -0.107. The van der Waals surface area contributed by atoms with Gasteiger partial charge in [0.05, 0.1) is 0 Å². The third-order valence-electron chi connectivity index (χ3n) is 1.94. The molecule has 16 heavy (non-hydrogen) atoms. The first kappa shape index (κ1) is 10.2. The molecule has 80 valence electrons. The van der Waals surface area contributed by atoms with Crippen LogP contribution in [-0.2, 0) is 4.79 Å². The van der Waals surface area contributed by atoms with Crippen molar-refractivity contribution in [3.63, 3.8) is 0 Å². The van der Waals surface area contributed by atoms with E-state index in [4.69, 9.17) is 0 Å². The second-order valence-corrected chi connectivity index (χ2v) is 3.09. The molecule has 0 fully saturated rings. The Bertz CT molecular complexity index is 473. The van der Waals surface area contributed by atoms with Gasteiger partial charge in [-0.15, -0.1) is 0 Å². The molecule has 5 heteroatoms. The molecule has 0 aliphatic carbocycles. The average molecular weight is 214 g/mol. The number of carbonyl (C=O) groups excluding carboxylic acids is 1. The first-order valence-corrected chi connectivity index (χ1v) is 4.80. The summed E-state index contributed by atoms with van der Waals surface area (Å²) < 4.78 is 1.72. The monoisotopic (exact) mass is 214 g/mol. The van der Waals surface area contributed by atoms with Gasteiger partial charge in [0, 0.05) is 36.8 Å². The van der Waals surface area contributed by atoms with Gasteiger partial charge in [-0.25, -0.2) is 15.0 Å². The fraction of sp³-hybridized carbons (Fsp3) is 0.0909. The number of imidazole rings is 1. The summed E-state index contributed by atoms with van der Waals surface area (Å²) >= 11 is 0. The van der Waals surface area contributed by atoms with Gasteiger partial charge in [-0.2, -0.15) is 0 Å². The minimum Gasteiger partial charge on any atom is -0.303 e. The van der Waals surface area contributed by atoms with Crippen LogP contribution in [0.2, 0.25) is 0 Å². The van der Waals surface area contributed by atoms with Crippen LogP contribution >= 0.6 is 0 Å². The van der Waals surface area contributed by atoms with E-state index in [1.54, 1.807) is 41.8 Å². The Hall–Kier alpha value is -2.30. The molecular formula is C11H10N4O. The highest BCUT2D eigenvalue weighted by atomic mass is 16.1. The van der Waals surface area contributed by atoms with Gasteiger partial charge in [-0.1, -0.05) is 12.2 Å². The average Bonchev–Trinajstić information content (AvgIpc) is 2.84. The van der Waals surface area contributed by atoms with Gasteiger partial charge in [-0.05, 0) is 0 Å². The van der Waals surface area contributed by atoms with Crippen LogP contribution in [0.1, 0.15) is 12.0 Å². The summed E-state index contributed by atoms with van der Waals surface area (Å²) in [5, 5.41) is 0. The topological polar surface area (TPSA) is 60.7 Å². The molecule has 2 heterocycles. The fourth-order valence-corrected chi connectivity index (χ4v) is 1.19. The minimum atomic E-state index is 0.406. The lowest BCUT2D eigenvalue weighted by Crippen LogP contribution is -1.97. The summed E-state index contributed by atoms with van der Waals surface area (Å²) in [7, 11) is 0. The summed E-state index contributed by atoms with van der Waals surface area (Å²) in [5.41, 5.74) is 0.866. The maximum absolute atomic E-state index is 10.1. The zero-order chi connectivity index (χ0) is 11.2. The van der Waals surface area contributed by atoms with Gasteiger partial charge < -0.3 is 4.79 Å². The van der Waals surface area contributed by atoms with Crippen molar-refractivity contribution in [3.8, 4) is 5.95 Å². The second-order valence-electron chi connectivity index (χ2n) is 3.09. The van der Waals surface area contributed by atoms with E-state index in [1.165, 1.54) is 0 Å². The molecular weight excluding hydrogens is 204 g/mol. The zero-order valence-corrected chi connectivity index (χ0v) is 8.52. The highest BCUT2D eigenvalue weighted by Gasteiger charge is 1.97. The van der Waals surface area contributed by atoms with Crippen LogP contribution in [0.4, 0.5) is 0 Å². The molecule has 0 saturated carbocycles. The van der Waals surface area contributed by atoms with Crippen LogP contribution in [0.5, 0.6) is 0 Å². The van der Waals surface area contributed by atoms with Crippen molar-refractivity contribution >= 4 is 12.4 Å². The predicted octanol–water partition coefficient (Wildman–Crippen LogP) is 1.26. The molecule has 0 aromatic carbocycles. The van der Waals surface area contributed by atoms with Crippen molar-refractivity contribution in [1.82, 2.24) is 19.5 Å². The number of aromatic nitrogens is 4. The number of aldehydes is 1. The Morgan fingerprint density at radius 1 is 1.31 bits per heavy atom. The van der Waals surface area contributed by atoms with Gasteiger partial charge >= 0.3 is 0 Å². The lowest BCUT2D eigenvalue weighted by Gasteiger charge is -1.98. The second kappa shape index (κ2) is 4.97. The fourth-order valence-electron chi connectivity index (χ4n) is 1.19. The normalized spacial score (nSPS) is 10.8. The van der Waals surface area contributed by atoms with Crippen LogP contribution in [0.15, 0.2) is 37.2 Å². The smallest absolute Gasteiger partial charge is 0.234 e. The Labute approximate surface area is 92.5 Å². The third kappa shape index (κ3) is 2.38. The van der Waals surface area contributed by atoms with E-state index in [9.17, 15) is 4.79 Å². The van der Waals surface area contributed by atoms with Gasteiger partial charge in [0.1, 0.15) is 12.6 Å². The minimum absolute atomic E-state index is 0.406. The summed E-state index contributed by atoms with van der Waals surface area (Å²) in [4.78, 5) is 22.4. The van der Waals surface area contributed by atoms with Gasteiger partial charge in [0.2, 0.25) is 5.95 Å². The molecule has 0 aliphatic heterocycles. The summed E-state index contributed by atoms with van der Waals surface area (Å²) in [6, 6.07) is 0. The summed E-state index contributed by atoms with van der Waals surface area (Å²) in [6.45, 7) is 0. The predicted molar refractivity (Wildman–Crippen MR) is 58.9 cm³/mol. The van der Waals surface area contributed by atoms with Crippen molar-refractivity contribution < 1.29 is 4.79 Å². The molecule has 0 unspecified atom stereocenters. The highest BCUT2D eigenvalue weighted by molar-refractivity contribution is 5.57. The molecule has 0 atom stereocenters. The van der Waals surface area contributed by atoms with Crippen molar-refractivity contribution in [3.05, 3.63) is 42.8 Å². The van der Waals surface area contributed by atoms with E-state index in [2.05, 4.69) is 15.0 Å². The third-order valence-corrected chi connectivity index (χ3v) is 1.94.